The number of nitrogens with zero attached hydrogens (tertiary/aromatic N) is 1. The van der Waals surface area contributed by atoms with E-state index < -0.39 is 0 Å². The normalized spacial score (nSPS) is 13.0. The van der Waals surface area contributed by atoms with Crippen LogP contribution in [0.25, 0.3) is 0 Å². The zero-order chi connectivity index (χ0) is 19.8. The third-order valence-corrected chi connectivity index (χ3v) is 5.25. The van der Waals surface area contributed by atoms with Crippen molar-refractivity contribution in [3.63, 3.8) is 0 Å². The summed E-state index contributed by atoms with van der Waals surface area (Å²) in [6.45, 7) is 5.74. The van der Waals surface area contributed by atoms with E-state index in [-0.39, 0.29) is 6.10 Å². The van der Waals surface area contributed by atoms with Crippen LogP contribution in [0.1, 0.15) is 76.7 Å². The van der Waals surface area contributed by atoms with Gasteiger partial charge in [0.05, 0.1) is 14.1 Å². The molecule has 0 aliphatic rings. The fraction of sp³-hybridized carbons (Fsp3) is 0.750. The highest BCUT2D eigenvalue weighted by atomic mass is 16.3. The molecule has 2 N–H and O–H groups in total. The number of quaternary nitrogens is 1. The molecule has 0 amide bonds. The van der Waals surface area contributed by atoms with Crippen molar-refractivity contribution in [3.8, 4) is 0 Å². The van der Waals surface area contributed by atoms with Gasteiger partial charge in [-0.1, -0.05) is 95.0 Å². The molecular formula is C24H45N2O+. The number of benzene rings is 1. The van der Waals surface area contributed by atoms with E-state index >= 15 is 0 Å². The Morgan fingerprint density at radius 1 is 0.852 bits per heavy atom. The van der Waals surface area contributed by atoms with Crippen LogP contribution in [0, 0.1) is 0 Å². The first-order chi connectivity index (χ1) is 13.0. The van der Waals surface area contributed by atoms with Gasteiger partial charge in [-0.25, -0.2) is 0 Å². The summed E-state index contributed by atoms with van der Waals surface area (Å²) in [6.07, 6.45) is 13.4. The maximum atomic E-state index is 10.3. The van der Waals surface area contributed by atoms with Crippen LogP contribution in [0.2, 0.25) is 0 Å². The summed E-state index contributed by atoms with van der Waals surface area (Å²) >= 11 is 0. The number of rotatable bonds is 17. The van der Waals surface area contributed by atoms with Crippen molar-refractivity contribution in [2.45, 2.75) is 83.8 Å². The van der Waals surface area contributed by atoms with Crippen LogP contribution in [0.15, 0.2) is 30.3 Å². The molecule has 0 aliphatic heterocycles. The molecule has 3 nitrogen and oxygen atoms in total. The van der Waals surface area contributed by atoms with Crippen LogP contribution in [0.4, 0.5) is 0 Å². The zero-order valence-corrected chi connectivity index (χ0v) is 18.3. The number of nitrogens with one attached hydrogen (secondary N) is 1. The highest BCUT2D eigenvalue weighted by Gasteiger charge is 2.20. The van der Waals surface area contributed by atoms with Crippen LogP contribution >= 0.6 is 0 Å². The molecule has 1 rings (SSSR count). The number of likely N-dealkylation sites (N-methyl/N-ethyl adjacent to an activating group) is 1. The van der Waals surface area contributed by atoms with E-state index in [1.807, 2.05) is 0 Å². The summed E-state index contributed by atoms with van der Waals surface area (Å²) in [7, 11) is 4.39. The molecule has 1 unspecified atom stereocenters. The predicted molar refractivity (Wildman–Crippen MR) is 118 cm³/mol. The standard InChI is InChI=1S/C24H45N2O/c1-4-5-6-7-8-9-10-11-12-16-19-25-20-24(27)22-26(2,3)21-23-17-14-13-15-18-23/h13-15,17-18,24-25,27H,4-12,16,19-22H2,1-3H3/q+1. The fourth-order valence-corrected chi connectivity index (χ4v) is 3.78. The second kappa shape index (κ2) is 15.1. The highest BCUT2D eigenvalue weighted by Crippen LogP contribution is 2.11. The van der Waals surface area contributed by atoms with Gasteiger partial charge >= 0.3 is 0 Å². The third-order valence-electron chi connectivity index (χ3n) is 5.25. The van der Waals surface area contributed by atoms with Crippen LogP contribution < -0.4 is 5.32 Å². The average molecular weight is 378 g/mol. The van der Waals surface area contributed by atoms with E-state index in [0.29, 0.717) is 6.54 Å². The molecular weight excluding hydrogens is 332 g/mol. The quantitative estimate of drug-likeness (QED) is 0.291. The third kappa shape index (κ3) is 13.8. The Kier molecular flexibility index (Phi) is 13.5. The van der Waals surface area contributed by atoms with E-state index in [2.05, 4.69) is 56.7 Å². The lowest BCUT2D eigenvalue weighted by Crippen LogP contribution is -2.47. The summed E-state index contributed by atoms with van der Waals surface area (Å²) in [4.78, 5) is 0. The van der Waals surface area contributed by atoms with Crippen molar-refractivity contribution < 1.29 is 9.59 Å². The van der Waals surface area contributed by atoms with Gasteiger partial charge in [0.2, 0.25) is 0 Å². The van der Waals surface area contributed by atoms with Crippen molar-refractivity contribution in [3.05, 3.63) is 35.9 Å². The van der Waals surface area contributed by atoms with E-state index in [4.69, 9.17) is 0 Å². The Hall–Kier alpha value is -0.900. The fourth-order valence-electron chi connectivity index (χ4n) is 3.78. The molecule has 0 saturated heterocycles. The Morgan fingerprint density at radius 2 is 1.41 bits per heavy atom. The zero-order valence-electron chi connectivity index (χ0n) is 18.3. The lowest BCUT2D eigenvalue weighted by atomic mass is 10.1. The molecule has 156 valence electrons. The Bertz CT molecular complexity index is 447. The largest absolute Gasteiger partial charge is 0.386 e. The van der Waals surface area contributed by atoms with E-state index in [1.165, 1.54) is 69.8 Å². The van der Waals surface area contributed by atoms with Gasteiger partial charge in [0.1, 0.15) is 19.2 Å². The first kappa shape index (κ1) is 24.1. The highest BCUT2D eigenvalue weighted by molar-refractivity contribution is 5.13. The number of hydrogen-bond acceptors (Lipinski definition) is 2. The SMILES string of the molecule is CCCCCCCCCCCCNCC(O)C[N+](C)(C)Cc1ccccc1. The molecule has 0 spiro atoms. The van der Waals surface area contributed by atoms with Crippen LogP contribution in [-0.4, -0.2) is 49.4 Å². The summed E-state index contributed by atoms with van der Waals surface area (Å²) in [5, 5.41) is 13.8. The molecule has 1 aromatic carbocycles. The molecule has 1 aromatic rings. The van der Waals surface area contributed by atoms with Crippen LogP contribution in [-0.2, 0) is 6.54 Å². The number of hydrogen-bond donors (Lipinski definition) is 2. The number of aliphatic hydroxyl groups is 1. The molecule has 3 heteroatoms. The molecule has 0 radical (unpaired) electrons. The van der Waals surface area contributed by atoms with Crippen molar-refractivity contribution in [1.82, 2.24) is 5.32 Å². The van der Waals surface area contributed by atoms with Crippen molar-refractivity contribution in [2.75, 3.05) is 33.7 Å². The van der Waals surface area contributed by atoms with Crippen LogP contribution in [0.3, 0.4) is 0 Å². The van der Waals surface area contributed by atoms with Gasteiger partial charge in [0.25, 0.3) is 0 Å². The van der Waals surface area contributed by atoms with Gasteiger partial charge in [0.15, 0.2) is 0 Å². The van der Waals surface area contributed by atoms with Gasteiger partial charge < -0.3 is 14.9 Å². The molecule has 27 heavy (non-hydrogen) atoms. The molecule has 0 heterocycles. The minimum Gasteiger partial charge on any atom is -0.386 e. The summed E-state index contributed by atoms with van der Waals surface area (Å²) in [6, 6.07) is 10.5. The van der Waals surface area contributed by atoms with Gasteiger partial charge in [-0.15, -0.1) is 0 Å². The Balaban J connectivity index is 1.97. The predicted octanol–water partition coefficient (Wildman–Crippen LogP) is 5.13. The molecule has 1 atom stereocenters. The lowest BCUT2D eigenvalue weighted by molar-refractivity contribution is -0.906. The van der Waals surface area contributed by atoms with Gasteiger partial charge in [-0.2, -0.15) is 0 Å². The maximum Gasteiger partial charge on any atom is 0.115 e. The van der Waals surface area contributed by atoms with Gasteiger partial charge in [0, 0.05) is 12.1 Å². The smallest absolute Gasteiger partial charge is 0.115 e. The first-order valence-corrected chi connectivity index (χ1v) is 11.3. The second-order valence-corrected chi connectivity index (χ2v) is 8.80. The van der Waals surface area contributed by atoms with E-state index in [1.54, 1.807) is 0 Å². The summed E-state index contributed by atoms with van der Waals surface area (Å²) < 4.78 is 0.811. The first-order valence-electron chi connectivity index (χ1n) is 11.3. The van der Waals surface area contributed by atoms with Crippen molar-refractivity contribution in [1.29, 1.82) is 0 Å². The van der Waals surface area contributed by atoms with Crippen LogP contribution in [0.5, 0.6) is 0 Å². The lowest BCUT2D eigenvalue weighted by Gasteiger charge is -2.32. The van der Waals surface area contributed by atoms with Crippen molar-refractivity contribution in [2.24, 2.45) is 0 Å². The topological polar surface area (TPSA) is 32.3 Å². The summed E-state index contributed by atoms with van der Waals surface area (Å²) in [5.74, 6) is 0. The summed E-state index contributed by atoms with van der Waals surface area (Å²) in [5.41, 5.74) is 1.33. The maximum absolute atomic E-state index is 10.3. The molecule has 0 aromatic heterocycles. The van der Waals surface area contributed by atoms with Gasteiger partial charge in [-0.3, -0.25) is 0 Å². The monoisotopic (exact) mass is 377 g/mol. The van der Waals surface area contributed by atoms with E-state index in [9.17, 15) is 5.11 Å². The molecule has 0 fully saturated rings. The second-order valence-electron chi connectivity index (χ2n) is 8.80. The Morgan fingerprint density at radius 3 is 2.00 bits per heavy atom. The molecule has 0 bridgehead atoms. The van der Waals surface area contributed by atoms with E-state index in [0.717, 1.165) is 24.1 Å². The molecule has 0 saturated carbocycles. The Labute approximate surface area is 168 Å². The van der Waals surface area contributed by atoms with Crippen molar-refractivity contribution >= 4 is 0 Å². The van der Waals surface area contributed by atoms with Gasteiger partial charge in [-0.05, 0) is 13.0 Å². The molecule has 0 aliphatic carbocycles. The minimum absolute atomic E-state index is 0.285. The average Bonchev–Trinajstić information content (AvgIpc) is 2.62. The number of unbranched alkanes of at least 4 members (excludes halogenated alkanes) is 9. The minimum atomic E-state index is -0.285. The number of aliphatic hydroxyl groups excluding tert-OH is 1.